The minimum atomic E-state index is -1.05. The van der Waals surface area contributed by atoms with Crippen molar-refractivity contribution in [3.63, 3.8) is 0 Å². The predicted molar refractivity (Wildman–Crippen MR) is 205 cm³/mol. The molecule has 0 spiro atoms. The average molecular weight is 676 g/mol. The van der Waals surface area contributed by atoms with Gasteiger partial charge in [0, 0.05) is 4.91 Å². The first-order valence-electron chi connectivity index (χ1n) is 18.9. The molecule has 0 aliphatic rings. The Morgan fingerprint density at radius 1 is 0.620 bits per heavy atom. The summed E-state index contributed by atoms with van der Waals surface area (Å²) < 4.78 is 13.4. The second-order valence-corrected chi connectivity index (χ2v) is 13.4. The quantitative estimate of drug-likeness (QED) is 0.0249. The summed E-state index contributed by atoms with van der Waals surface area (Å²) in [6.45, 7) is 2.63. The topological polar surface area (TPSA) is 87.5 Å². The van der Waals surface area contributed by atoms with Gasteiger partial charge in [-0.3, -0.25) is 0 Å². The Balaban J connectivity index is 1.46. The Morgan fingerprint density at radius 2 is 1.04 bits per heavy atom. The Kier molecular flexibility index (Phi) is 17.7. The number of aliphatic hydroxyl groups is 1. The van der Waals surface area contributed by atoms with E-state index in [4.69, 9.17) is 9.47 Å². The van der Waals surface area contributed by atoms with Crippen LogP contribution >= 0.6 is 0 Å². The summed E-state index contributed by atoms with van der Waals surface area (Å²) >= 11 is 0. The van der Waals surface area contributed by atoms with Gasteiger partial charge in [-0.1, -0.05) is 210 Å². The molecular weight excluding hydrogens is 619 g/mol. The number of nitrogens with zero attached hydrogens (tertiary/aromatic N) is 3. The van der Waals surface area contributed by atoms with E-state index in [9.17, 15) is 10.6 Å². The predicted octanol–water partition coefficient (Wildman–Crippen LogP) is 11.7. The van der Waals surface area contributed by atoms with Gasteiger partial charge in [0.05, 0.1) is 31.5 Å². The lowest BCUT2D eigenvalue weighted by molar-refractivity contribution is -0.0815. The molecule has 0 aliphatic heterocycles. The van der Waals surface area contributed by atoms with E-state index in [2.05, 4.69) is 53.3 Å². The molecule has 0 bridgehead atoms. The van der Waals surface area contributed by atoms with Crippen molar-refractivity contribution in [1.82, 2.24) is 0 Å². The van der Waals surface area contributed by atoms with Crippen LogP contribution in [0, 0.1) is 0 Å². The molecule has 0 saturated heterocycles. The van der Waals surface area contributed by atoms with Crippen molar-refractivity contribution in [1.29, 1.82) is 0 Å². The zero-order valence-corrected chi connectivity index (χ0v) is 30.0. The van der Waals surface area contributed by atoms with Gasteiger partial charge < -0.3 is 14.6 Å². The largest absolute Gasteiger partial charge is 0.390 e. The second kappa shape index (κ2) is 22.7. The lowest BCUT2D eigenvalue weighted by Gasteiger charge is -2.37. The number of azide groups is 1. The third-order valence-corrected chi connectivity index (χ3v) is 9.64. The highest BCUT2D eigenvalue weighted by molar-refractivity contribution is 5.47. The maximum Gasteiger partial charge on any atom is 0.143 e. The normalized spacial score (nSPS) is 13.3. The summed E-state index contributed by atoms with van der Waals surface area (Å²) in [4.78, 5) is 3.17. The van der Waals surface area contributed by atoms with E-state index in [1.807, 2.05) is 84.9 Å². The molecule has 0 unspecified atom stereocenters. The average Bonchev–Trinajstić information content (AvgIpc) is 3.17. The summed E-state index contributed by atoms with van der Waals surface area (Å²) in [5.41, 5.74) is 12.6. The number of rotatable bonds is 25. The first-order valence-corrected chi connectivity index (χ1v) is 18.9. The molecule has 0 aliphatic carbocycles. The minimum absolute atomic E-state index is 0.00640. The Labute approximate surface area is 300 Å². The Bertz CT molecular complexity index is 1380. The van der Waals surface area contributed by atoms with Crippen LogP contribution in [0.1, 0.15) is 113 Å². The molecule has 0 aromatic heterocycles. The third kappa shape index (κ3) is 12.1. The molecule has 50 heavy (non-hydrogen) atoms. The standard InChI is InChI=1S/C44H57N3O3/c1-2-3-4-5-6-7-8-9-10-11-12-25-34-42(49-35-37-26-17-13-18-27-37)43(48)41(46-47-45)36-50-44(38-28-19-14-20-29-38,39-30-21-15-22-31-39)40-32-23-16-24-33-40/h13-24,26-33,41-43,48H,2-12,25,34-36H2,1H3/t41-,42+,43-/m0/s1. The number of hydrogen-bond acceptors (Lipinski definition) is 4. The molecule has 6 heteroatoms. The van der Waals surface area contributed by atoms with E-state index in [1.54, 1.807) is 0 Å². The van der Waals surface area contributed by atoms with Gasteiger partial charge in [0.15, 0.2) is 0 Å². The molecule has 0 amide bonds. The van der Waals surface area contributed by atoms with Gasteiger partial charge >= 0.3 is 0 Å². The van der Waals surface area contributed by atoms with Crippen LogP contribution < -0.4 is 0 Å². The second-order valence-electron chi connectivity index (χ2n) is 13.4. The maximum absolute atomic E-state index is 11.9. The molecule has 266 valence electrons. The molecule has 1 N–H and O–H groups in total. The van der Waals surface area contributed by atoms with E-state index in [1.165, 1.54) is 64.2 Å². The van der Waals surface area contributed by atoms with Crippen molar-refractivity contribution in [2.45, 2.75) is 121 Å². The smallest absolute Gasteiger partial charge is 0.143 e. The van der Waals surface area contributed by atoms with Crippen molar-refractivity contribution in [2.75, 3.05) is 6.61 Å². The van der Waals surface area contributed by atoms with Crippen molar-refractivity contribution >= 4 is 0 Å². The molecule has 4 aromatic carbocycles. The molecular formula is C44H57N3O3. The van der Waals surface area contributed by atoms with Crippen LogP contribution in [0.4, 0.5) is 0 Å². The summed E-state index contributed by atoms with van der Waals surface area (Å²) in [5.74, 6) is 0. The zero-order valence-electron chi connectivity index (χ0n) is 30.0. The highest BCUT2D eigenvalue weighted by Gasteiger charge is 2.39. The lowest BCUT2D eigenvalue weighted by Crippen LogP contribution is -2.43. The number of benzene rings is 4. The van der Waals surface area contributed by atoms with Crippen LogP contribution in [0.2, 0.25) is 0 Å². The third-order valence-electron chi connectivity index (χ3n) is 9.64. The Hall–Kier alpha value is -3.93. The van der Waals surface area contributed by atoms with Crippen molar-refractivity contribution < 1.29 is 14.6 Å². The van der Waals surface area contributed by atoms with Crippen LogP contribution in [-0.4, -0.2) is 30.0 Å². The van der Waals surface area contributed by atoms with E-state index >= 15 is 0 Å². The fourth-order valence-electron chi connectivity index (χ4n) is 6.81. The van der Waals surface area contributed by atoms with Crippen LogP contribution in [0.25, 0.3) is 10.4 Å². The SMILES string of the molecule is CCCCCCCCCCCCCC[C@@H](OCc1ccccc1)[C@@H](O)[C@H](COC(c1ccccc1)(c1ccccc1)c1ccccc1)N=[N+]=[N-]. The first-order chi connectivity index (χ1) is 24.7. The highest BCUT2D eigenvalue weighted by Crippen LogP contribution is 2.41. The molecule has 0 saturated carbocycles. The van der Waals surface area contributed by atoms with Gasteiger partial charge in [-0.05, 0) is 34.2 Å². The van der Waals surface area contributed by atoms with Crippen molar-refractivity contribution in [3.8, 4) is 0 Å². The molecule has 4 rings (SSSR count). The van der Waals surface area contributed by atoms with Gasteiger partial charge in [0.1, 0.15) is 5.60 Å². The summed E-state index contributed by atoms with van der Waals surface area (Å²) in [7, 11) is 0. The van der Waals surface area contributed by atoms with Crippen LogP contribution in [0.3, 0.4) is 0 Å². The lowest BCUT2D eigenvalue weighted by atomic mass is 9.80. The van der Waals surface area contributed by atoms with Crippen molar-refractivity contribution in [3.05, 3.63) is 154 Å². The van der Waals surface area contributed by atoms with E-state index in [0.29, 0.717) is 13.0 Å². The zero-order chi connectivity index (χ0) is 35.1. The monoisotopic (exact) mass is 675 g/mol. The van der Waals surface area contributed by atoms with Gasteiger partial charge in [-0.25, -0.2) is 0 Å². The molecule has 3 atom stereocenters. The summed E-state index contributed by atoms with van der Waals surface area (Å²) in [6.07, 6.45) is 14.2. The fourth-order valence-corrected chi connectivity index (χ4v) is 6.81. The van der Waals surface area contributed by atoms with Crippen LogP contribution in [0.5, 0.6) is 0 Å². The van der Waals surface area contributed by atoms with Gasteiger partial charge in [-0.15, -0.1) is 0 Å². The summed E-state index contributed by atoms with van der Waals surface area (Å²) in [5, 5.41) is 16.0. The van der Waals surface area contributed by atoms with E-state index in [-0.39, 0.29) is 6.61 Å². The fraction of sp³-hybridized carbons (Fsp3) is 0.455. The van der Waals surface area contributed by atoms with Crippen molar-refractivity contribution in [2.24, 2.45) is 5.11 Å². The van der Waals surface area contributed by atoms with Gasteiger partial charge in [0.2, 0.25) is 0 Å². The van der Waals surface area contributed by atoms with Crippen LogP contribution in [-0.2, 0) is 21.7 Å². The highest BCUT2D eigenvalue weighted by atomic mass is 16.5. The number of hydrogen-bond donors (Lipinski definition) is 1. The Morgan fingerprint density at radius 3 is 1.48 bits per heavy atom. The molecule has 0 heterocycles. The minimum Gasteiger partial charge on any atom is -0.390 e. The molecule has 0 fully saturated rings. The first kappa shape index (κ1) is 38.9. The van der Waals surface area contributed by atoms with Crippen LogP contribution in [0.15, 0.2) is 126 Å². The maximum atomic E-state index is 11.9. The molecule has 6 nitrogen and oxygen atoms in total. The summed E-state index contributed by atoms with van der Waals surface area (Å²) in [6, 6.07) is 39.4. The molecule has 4 aromatic rings. The number of unbranched alkanes of at least 4 members (excludes halogenated alkanes) is 11. The number of ether oxygens (including phenoxy) is 2. The van der Waals surface area contributed by atoms with Gasteiger partial charge in [-0.2, -0.15) is 0 Å². The van der Waals surface area contributed by atoms with E-state index in [0.717, 1.165) is 35.1 Å². The van der Waals surface area contributed by atoms with Gasteiger partial charge in [0.25, 0.3) is 0 Å². The van der Waals surface area contributed by atoms with E-state index < -0.39 is 23.9 Å². The molecule has 0 radical (unpaired) electrons. The number of aliphatic hydroxyl groups excluding tert-OH is 1.